The molecule has 1 N–H and O–H groups in total. The molecule has 2 saturated heterocycles. The molecule has 0 aromatic rings. The third kappa shape index (κ3) is 2.70. The van der Waals surface area contributed by atoms with Crippen LogP contribution in [0, 0.1) is 11.8 Å². The van der Waals surface area contributed by atoms with Crippen LogP contribution in [-0.4, -0.2) is 61.5 Å². The minimum absolute atomic E-state index is 0.466. The van der Waals surface area contributed by atoms with Crippen LogP contribution in [0.2, 0.25) is 0 Å². The summed E-state index contributed by atoms with van der Waals surface area (Å²) in [5, 5.41) is 3.90. The van der Waals surface area contributed by atoms with Crippen LogP contribution in [-0.2, 0) is 9.47 Å². The molecule has 0 bridgehead atoms. The number of methoxy groups -OCH3 is 1. The van der Waals surface area contributed by atoms with Gasteiger partial charge < -0.3 is 14.8 Å². The van der Waals surface area contributed by atoms with Crippen LogP contribution in [0.25, 0.3) is 0 Å². The van der Waals surface area contributed by atoms with Crippen LogP contribution < -0.4 is 5.32 Å². The third-order valence-corrected chi connectivity index (χ3v) is 6.85. The second kappa shape index (κ2) is 6.35. The third-order valence-electron chi connectivity index (χ3n) is 4.33. The maximum atomic E-state index is 5.83. The van der Waals surface area contributed by atoms with Crippen molar-refractivity contribution in [3.63, 3.8) is 0 Å². The Kier molecular flexibility index (Phi) is 4.79. The Labute approximate surface area is 118 Å². The van der Waals surface area contributed by atoms with Gasteiger partial charge in [0.15, 0.2) is 0 Å². The molecule has 3 rings (SSSR count). The fourth-order valence-corrected chi connectivity index (χ4v) is 5.88. The second-order valence-electron chi connectivity index (χ2n) is 5.45. The molecule has 2 heterocycles. The van der Waals surface area contributed by atoms with Crippen molar-refractivity contribution >= 4 is 23.5 Å². The zero-order chi connectivity index (χ0) is 12.4. The molecule has 0 spiro atoms. The summed E-state index contributed by atoms with van der Waals surface area (Å²) in [6, 6.07) is 1.30. The molecule has 0 aromatic carbocycles. The van der Waals surface area contributed by atoms with Crippen LogP contribution >= 0.6 is 23.5 Å². The lowest BCUT2D eigenvalue weighted by molar-refractivity contribution is -0.0856. The minimum Gasteiger partial charge on any atom is -0.384 e. The molecular formula is C13H23NO2S2. The van der Waals surface area contributed by atoms with Gasteiger partial charge in [-0.15, -0.1) is 0 Å². The molecule has 2 aliphatic heterocycles. The van der Waals surface area contributed by atoms with Crippen LogP contribution in [0.1, 0.15) is 6.42 Å². The van der Waals surface area contributed by atoms with Gasteiger partial charge in [-0.2, -0.15) is 23.5 Å². The summed E-state index contributed by atoms with van der Waals surface area (Å²) in [5.41, 5.74) is 0. The van der Waals surface area contributed by atoms with Crippen molar-refractivity contribution in [3.05, 3.63) is 0 Å². The Hall–Kier alpha value is 0.580. The molecule has 3 aliphatic rings. The average molecular weight is 289 g/mol. The van der Waals surface area contributed by atoms with E-state index in [1.165, 1.54) is 29.4 Å². The van der Waals surface area contributed by atoms with Crippen LogP contribution in [0.4, 0.5) is 0 Å². The van der Waals surface area contributed by atoms with E-state index in [1.54, 1.807) is 7.11 Å². The van der Waals surface area contributed by atoms with Crippen LogP contribution in [0.3, 0.4) is 0 Å². The average Bonchev–Trinajstić information content (AvgIpc) is 2.62. The molecule has 3 fully saturated rings. The molecule has 18 heavy (non-hydrogen) atoms. The number of ether oxygens (including phenoxy) is 2. The molecule has 5 heteroatoms. The van der Waals surface area contributed by atoms with E-state index in [0.717, 1.165) is 19.1 Å². The Balaban J connectivity index is 1.56. The van der Waals surface area contributed by atoms with Gasteiger partial charge in [0, 0.05) is 60.6 Å². The lowest BCUT2D eigenvalue weighted by Gasteiger charge is -2.49. The molecule has 1 saturated carbocycles. The Bertz CT molecular complexity index is 272. The van der Waals surface area contributed by atoms with Gasteiger partial charge in [-0.3, -0.25) is 0 Å². The lowest BCUT2D eigenvalue weighted by atomic mass is 9.67. The van der Waals surface area contributed by atoms with E-state index in [9.17, 15) is 0 Å². The van der Waals surface area contributed by atoms with Crippen molar-refractivity contribution in [1.29, 1.82) is 0 Å². The molecule has 104 valence electrons. The summed E-state index contributed by atoms with van der Waals surface area (Å²) >= 11 is 4.19. The quantitative estimate of drug-likeness (QED) is 0.847. The maximum absolute atomic E-state index is 5.83. The number of hydrogen-bond acceptors (Lipinski definition) is 5. The van der Waals surface area contributed by atoms with E-state index in [-0.39, 0.29) is 0 Å². The maximum Gasteiger partial charge on any atom is 0.0684 e. The second-order valence-corrected chi connectivity index (χ2v) is 7.75. The smallest absolute Gasteiger partial charge is 0.0684 e. The predicted molar refractivity (Wildman–Crippen MR) is 78.6 cm³/mol. The monoisotopic (exact) mass is 289 g/mol. The van der Waals surface area contributed by atoms with Gasteiger partial charge >= 0.3 is 0 Å². The van der Waals surface area contributed by atoms with Crippen molar-refractivity contribution in [1.82, 2.24) is 5.32 Å². The van der Waals surface area contributed by atoms with E-state index >= 15 is 0 Å². The van der Waals surface area contributed by atoms with Crippen LogP contribution in [0.5, 0.6) is 0 Å². The summed E-state index contributed by atoms with van der Waals surface area (Å²) in [4.78, 5) is 0. The van der Waals surface area contributed by atoms with Gasteiger partial charge in [-0.25, -0.2) is 0 Å². The van der Waals surface area contributed by atoms with E-state index in [1.807, 2.05) is 0 Å². The van der Waals surface area contributed by atoms with Crippen LogP contribution in [0.15, 0.2) is 0 Å². The van der Waals surface area contributed by atoms with Crippen molar-refractivity contribution in [2.75, 3.05) is 43.3 Å². The van der Waals surface area contributed by atoms with Gasteiger partial charge in [-0.1, -0.05) is 0 Å². The van der Waals surface area contributed by atoms with Gasteiger partial charge in [0.25, 0.3) is 0 Å². The first-order valence-electron chi connectivity index (χ1n) is 6.92. The van der Waals surface area contributed by atoms with Crippen molar-refractivity contribution < 1.29 is 9.47 Å². The summed E-state index contributed by atoms with van der Waals surface area (Å²) in [5.74, 6) is 6.46. The van der Waals surface area contributed by atoms with Crippen molar-refractivity contribution in [2.24, 2.45) is 11.8 Å². The Morgan fingerprint density at radius 2 is 2.06 bits per heavy atom. The lowest BCUT2D eigenvalue weighted by Crippen LogP contribution is -2.64. The van der Waals surface area contributed by atoms with Crippen molar-refractivity contribution in [3.8, 4) is 0 Å². The largest absolute Gasteiger partial charge is 0.384 e. The highest BCUT2D eigenvalue weighted by Gasteiger charge is 2.53. The van der Waals surface area contributed by atoms with Crippen molar-refractivity contribution in [2.45, 2.75) is 24.6 Å². The molecular weight excluding hydrogens is 266 g/mol. The summed E-state index contributed by atoms with van der Waals surface area (Å²) < 4.78 is 11.2. The zero-order valence-corrected chi connectivity index (χ0v) is 12.6. The number of hydrogen-bond donors (Lipinski definition) is 1. The number of thioether (sulfide) groups is 2. The highest BCUT2D eigenvalue weighted by molar-refractivity contribution is 8.03. The van der Waals surface area contributed by atoms with Gasteiger partial charge in [0.2, 0.25) is 0 Å². The number of fused-ring (bicyclic) bond motifs is 1. The van der Waals surface area contributed by atoms with E-state index in [2.05, 4.69) is 28.8 Å². The Morgan fingerprint density at radius 3 is 2.78 bits per heavy atom. The van der Waals surface area contributed by atoms with Gasteiger partial charge in [-0.05, 0) is 6.42 Å². The highest BCUT2D eigenvalue weighted by atomic mass is 32.2. The molecule has 1 aliphatic carbocycles. The molecule has 4 atom stereocenters. The molecule has 0 aromatic heterocycles. The first-order valence-corrected chi connectivity index (χ1v) is 9.23. The molecule has 0 unspecified atom stereocenters. The number of rotatable bonds is 4. The topological polar surface area (TPSA) is 30.5 Å². The van der Waals surface area contributed by atoms with E-state index in [0.29, 0.717) is 24.1 Å². The fraction of sp³-hybridized carbons (Fsp3) is 1.00. The zero-order valence-electron chi connectivity index (χ0n) is 11.0. The first kappa shape index (κ1) is 13.6. The minimum atomic E-state index is 0.466. The summed E-state index contributed by atoms with van der Waals surface area (Å²) in [7, 11) is 1.80. The molecule has 0 radical (unpaired) electrons. The first-order chi connectivity index (χ1) is 8.90. The van der Waals surface area contributed by atoms with E-state index < -0.39 is 0 Å². The SMILES string of the molecule is COC[C@H]1[C@@H](NC2CSCCSC2)[C@H]2CCO[C@H]21. The molecule has 0 amide bonds. The normalized spacial score (nSPS) is 41.2. The van der Waals surface area contributed by atoms with Gasteiger partial charge in [0.05, 0.1) is 12.7 Å². The summed E-state index contributed by atoms with van der Waals surface area (Å²) in [6.07, 6.45) is 1.70. The standard InChI is InChI=1S/C13H23NO2S2/c1-15-6-11-12(10-2-3-16-13(10)11)14-9-7-17-4-5-18-8-9/h9-14H,2-8H2,1H3/t10-,11+,12+,13-/m1/s1. The Morgan fingerprint density at radius 1 is 1.28 bits per heavy atom. The van der Waals surface area contributed by atoms with Gasteiger partial charge in [0.1, 0.15) is 0 Å². The predicted octanol–water partition coefficient (Wildman–Crippen LogP) is 1.47. The highest BCUT2D eigenvalue weighted by Crippen LogP contribution is 2.44. The fourth-order valence-electron chi connectivity index (χ4n) is 3.45. The number of nitrogens with one attached hydrogen (secondary N) is 1. The van der Waals surface area contributed by atoms with E-state index in [4.69, 9.17) is 9.47 Å². The molecule has 3 nitrogen and oxygen atoms in total. The summed E-state index contributed by atoms with van der Waals surface area (Å²) in [6.45, 7) is 1.79.